The maximum Gasteiger partial charge on any atom is 0.251 e. The molecule has 0 unspecified atom stereocenters. The largest absolute Gasteiger partial charge is 0.492 e. The lowest BCUT2D eigenvalue weighted by molar-refractivity contribution is -0.123. The molecule has 3 amide bonds. The Morgan fingerprint density at radius 1 is 0.857 bits per heavy atom. The second kappa shape index (κ2) is 15.1. The fourth-order valence-electron chi connectivity index (χ4n) is 4.17. The van der Waals surface area contributed by atoms with Crippen LogP contribution in [0.5, 0.6) is 5.75 Å². The number of ether oxygens (including phenoxy) is 1. The van der Waals surface area contributed by atoms with Gasteiger partial charge < -0.3 is 25.6 Å². The number of hydrogen-bond donors (Lipinski definition) is 3. The van der Waals surface area contributed by atoms with Gasteiger partial charge in [0.05, 0.1) is 0 Å². The van der Waals surface area contributed by atoms with Crippen molar-refractivity contribution < 1.29 is 23.5 Å². The SMILES string of the molecule is CN(C)CCOc1ccc(C(=O)NCc2cccc(C(=O)N[C@@H](CC(C)(C)C)C(=O)NCc3ccccc3F)c2)cc1. The first kappa shape index (κ1) is 32.3. The summed E-state index contributed by atoms with van der Waals surface area (Å²) in [5, 5.41) is 8.46. The molecule has 0 aromatic heterocycles. The molecule has 0 heterocycles. The highest BCUT2D eigenvalue weighted by molar-refractivity contribution is 5.98. The van der Waals surface area contributed by atoms with Gasteiger partial charge in [0.2, 0.25) is 5.91 Å². The van der Waals surface area contributed by atoms with Gasteiger partial charge >= 0.3 is 0 Å². The number of amides is 3. The third-order valence-electron chi connectivity index (χ3n) is 6.42. The molecular formula is C33H41FN4O4. The van der Waals surface area contributed by atoms with E-state index in [1.165, 1.54) is 6.07 Å². The lowest BCUT2D eigenvalue weighted by atomic mass is 9.87. The van der Waals surface area contributed by atoms with Gasteiger partial charge in [-0.15, -0.1) is 0 Å². The topological polar surface area (TPSA) is 99.8 Å². The Hall–Kier alpha value is -4.24. The summed E-state index contributed by atoms with van der Waals surface area (Å²) in [7, 11) is 3.94. The highest BCUT2D eigenvalue weighted by Crippen LogP contribution is 2.21. The third kappa shape index (κ3) is 10.6. The minimum atomic E-state index is -0.817. The second-order valence-electron chi connectivity index (χ2n) is 11.7. The Balaban J connectivity index is 1.59. The van der Waals surface area contributed by atoms with Crippen molar-refractivity contribution >= 4 is 17.7 Å². The Kier molecular flexibility index (Phi) is 11.6. The molecule has 0 fully saturated rings. The maximum absolute atomic E-state index is 14.0. The Labute approximate surface area is 247 Å². The van der Waals surface area contributed by atoms with Crippen LogP contribution in [-0.2, 0) is 17.9 Å². The lowest BCUT2D eigenvalue weighted by Crippen LogP contribution is -2.48. The number of carbonyl (C=O) groups excluding carboxylic acids is 3. The zero-order valence-electron chi connectivity index (χ0n) is 25.0. The van der Waals surface area contributed by atoms with Gasteiger partial charge in [-0.3, -0.25) is 14.4 Å². The van der Waals surface area contributed by atoms with Crippen molar-refractivity contribution in [1.29, 1.82) is 0 Å². The molecule has 8 nitrogen and oxygen atoms in total. The summed E-state index contributed by atoms with van der Waals surface area (Å²) in [6.45, 7) is 7.51. The molecule has 3 rings (SSSR count). The summed E-state index contributed by atoms with van der Waals surface area (Å²) in [5.74, 6) is -0.763. The molecule has 3 aromatic carbocycles. The van der Waals surface area contributed by atoms with Gasteiger partial charge in [-0.1, -0.05) is 51.1 Å². The van der Waals surface area contributed by atoms with Crippen molar-refractivity contribution in [2.24, 2.45) is 5.41 Å². The number of nitrogens with one attached hydrogen (secondary N) is 3. The van der Waals surface area contributed by atoms with E-state index in [0.29, 0.717) is 35.5 Å². The molecule has 0 spiro atoms. The van der Waals surface area contributed by atoms with E-state index >= 15 is 0 Å². The highest BCUT2D eigenvalue weighted by Gasteiger charge is 2.27. The maximum atomic E-state index is 14.0. The van der Waals surface area contributed by atoms with Crippen LogP contribution in [0.2, 0.25) is 0 Å². The van der Waals surface area contributed by atoms with Crippen LogP contribution in [0.1, 0.15) is 59.0 Å². The summed E-state index contributed by atoms with van der Waals surface area (Å²) in [6, 6.07) is 19.2. The number of likely N-dealkylation sites (N-methyl/N-ethyl adjacent to an activating group) is 1. The summed E-state index contributed by atoms with van der Waals surface area (Å²) in [4.78, 5) is 40.9. The first-order valence-corrected chi connectivity index (χ1v) is 14.0. The monoisotopic (exact) mass is 576 g/mol. The zero-order chi connectivity index (χ0) is 30.7. The molecule has 0 saturated heterocycles. The van der Waals surface area contributed by atoms with Crippen molar-refractivity contribution in [3.05, 3.63) is 101 Å². The minimum absolute atomic E-state index is 0.0173. The molecular weight excluding hydrogens is 535 g/mol. The summed E-state index contributed by atoms with van der Waals surface area (Å²) >= 11 is 0. The van der Waals surface area contributed by atoms with Crippen LogP contribution in [0.25, 0.3) is 0 Å². The van der Waals surface area contributed by atoms with Gasteiger partial charge in [-0.25, -0.2) is 4.39 Å². The van der Waals surface area contributed by atoms with Crippen LogP contribution in [0.15, 0.2) is 72.8 Å². The summed E-state index contributed by atoms with van der Waals surface area (Å²) < 4.78 is 19.7. The fraction of sp³-hybridized carbons (Fsp3) is 0.364. The van der Waals surface area contributed by atoms with E-state index in [1.54, 1.807) is 60.7 Å². The highest BCUT2D eigenvalue weighted by atomic mass is 19.1. The average Bonchev–Trinajstić information content (AvgIpc) is 2.94. The van der Waals surface area contributed by atoms with Crippen molar-refractivity contribution in [1.82, 2.24) is 20.9 Å². The van der Waals surface area contributed by atoms with E-state index in [0.717, 1.165) is 12.1 Å². The molecule has 3 N–H and O–H groups in total. The molecule has 42 heavy (non-hydrogen) atoms. The van der Waals surface area contributed by atoms with Crippen molar-refractivity contribution in [2.75, 3.05) is 27.2 Å². The molecule has 0 bridgehead atoms. The third-order valence-corrected chi connectivity index (χ3v) is 6.42. The van der Waals surface area contributed by atoms with Crippen LogP contribution >= 0.6 is 0 Å². The van der Waals surface area contributed by atoms with Crippen molar-refractivity contribution in [2.45, 2.75) is 46.3 Å². The first-order valence-electron chi connectivity index (χ1n) is 14.0. The van der Waals surface area contributed by atoms with Gasteiger partial charge in [0.15, 0.2) is 0 Å². The van der Waals surface area contributed by atoms with E-state index < -0.39 is 17.8 Å². The van der Waals surface area contributed by atoms with E-state index in [-0.39, 0.29) is 30.3 Å². The molecule has 3 aromatic rings. The molecule has 9 heteroatoms. The second-order valence-corrected chi connectivity index (χ2v) is 11.7. The molecule has 224 valence electrons. The minimum Gasteiger partial charge on any atom is -0.492 e. The van der Waals surface area contributed by atoms with E-state index in [2.05, 4.69) is 16.0 Å². The van der Waals surface area contributed by atoms with Gasteiger partial charge in [0, 0.05) is 36.3 Å². The molecule has 0 saturated carbocycles. The smallest absolute Gasteiger partial charge is 0.251 e. The molecule has 0 aliphatic rings. The number of nitrogens with zero attached hydrogens (tertiary/aromatic N) is 1. The molecule has 0 aliphatic heterocycles. The number of benzene rings is 3. The van der Waals surface area contributed by atoms with Gasteiger partial charge in [0.1, 0.15) is 24.2 Å². The first-order chi connectivity index (χ1) is 19.9. The number of carbonyl (C=O) groups is 3. The van der Waals surface area contributed by atoms with Crippen LogP contribution in [0.3, 0.4) is 0 Å². The van der Waals surface area contributed by atoms with Crippen LogP contribution in [0, 0.1) is 11.2 Å². The lowest BCUT2D eigenvalue weighted by Gasteiger charge is -2.26. The van der Waals surface area contributed by atoms with Crippen molar-refractivity contribution in [3.8, 4) is 5.75 Å². The van der Waals surface area contributed by atoms with Gasteiger partial charge in [0.25, 0.3) is 11.8 Å². The van der Waals surface area contributed by atoms with Gasteiger partial charge in [-0.05, 0) is 74.0 Å². The fourth-order valence-corrected chi connectivity index (χ4v) is 4.17. The van der Waals surface area contributed by atoms with E-state index in [4.69, 9.17) is 4.74 Å². The number of rotatable bonds is 13. The normalized spacial score (nSPS) is 12.0. The number of halogens is 1. The van der Waals surface area contributed by atoms with Crippen molar-refractivity contribution in [3.63, 3.8) is 0 Å². The predicted molar refractivity (Wildman–Crippen MR) is 162 cm³/mol. The van der Waals surface area contributed by atoms with Crippen LogP contribution in [-0.4, -0.2) is 55.9 Å². The van der Waals surface area contributed by atoms with E-state index in [9.17, 15) is 18.8 Å². The predicted octanol–water partition coefficient (Wildman–Crippen LogP) is 4.55. The summed E-state index contributed by atoms with van der Waals surface area (Å²) in [5.41, 5.74) is 1.70. The zero-order valence-corrected chi connectivity index (χ0v) is 25.0. The molecule has 1 atom stereocenters. The molecule has 0 aliphatic carbocycles. The van der Waals surface area contributed by atoms with E-state index in [1.807, 2.05) is 45.8 Å². The standard InChI is InChI=1S/C33H41FN4O4/c1-33(2,3)20-29(32(41)36-22-26-10-6-7-12-28(26)34)37-31(40)25-11-8-9-23(19-25)21-35-30(39)24-13-15-27(16-14-24)42-18-17-38(4)5/h6-16,19,29H,17-18,20-22H2,1-5H3,(H,35,39)(H,36,41)(H,37,40)/t29-/m0/s1. The van der Waals surface area contributed by atoms with Crippen LogP contribution in [0.4, 0.5) is 4.39 Å². The Morgan fingerprint density at radius 3 is 2.24 bits per heavy atom. The van der Waals surface area contributed by atoms with Crippen LogP contribution < -0.4 is 20.7 Å². The average molecular weight is 577 g/mol. The Bertz CT molecular complexity index is 1350. The number of hydrogen-bond acceptors (Lipinski definition) is 5. The Morgan fingerprint density at radius 2 is 1.57 bits per heavy atom. The van der Waals surface area contributed by atoms with Gasteiger partial charge in [-0.2, -0.15) is 0 Å². The summed E-state index contributed by atoms with van der Waals surface area (Å²) in [6.07, 6.45) is 0.386. The quantitative estimate of drug-likeness (QED) is 0.277. The molecule has 0 radical (unpaired) electrons.